The summed E-state index contributed by atoms with van der Waals surface area (Å²) < 4.78 is 6.12. The minimum Gasteiger partial charge on any atom is -0.418 e. The van der Waals surface area contributed by atoms with Crippen LogP contribution in [0.3, 0.4) is 0 Å². The highest BCUT2D eigenvalue weighted by molar-refractivity contribution is 9.10. The summed E-state index contributed by atoms with van der Waals surface area (Å²) in [5, 5.41) is 7.26. The predicted molar refractivity (Wildman–Crippen MR) is 60.3 cm³/mol. The number of pyridine rings is 1. The Labute approximate surface area is 99.8 Å². The molecule has 0 saturated heterocycles. The van der Waals surface area contributed by atoms with E-state index < -0.39 is 0 Å². The van der Waals surface area contributed by atoms with Gasteiger partial charge in [0.25, 0.3) is 0 Å². The second kappa shape index (κ2) is 4.20. The van der Waals surface area contributed by atoms with E-state index in [-0.39, 0.29) is 0 Å². The molecule has 0 saturated carbocycles. The number of aryl methyl sites for hydroxylation is 1. The molecule has 0 radical (unpaired) electrons. The number of nitrogens with zero attached hydrogens (tertiary/aromatic N) is 2. The first-order valence-electron chi connectivity index (χ1n) is 4.16. The van der Waals surface area contributed by atoms with Crippen LogP contribution < -0.4 is 4.74 Å². The number of hydrogen-bond acceptors (Lipinski definition) is 3. The molecule has 2 rings (SSSR count). The molecular formula is C9H7BrClN3O. The Balaban J connectivity index is 2.24. The van der Waals surface area contributed by atoms with E-state index in [1.165, 1.54) is 6.20 Å². The van der Waals surface area contributed by atoms with E-state index in [0.29, 0.717) is 21.3 Å². The molecule has 15 heavy (non-hydrogen) atoms. The second-order valence-electron chi connectivity index (χ2n) is 2.93. The molecule has 0 spiro atoms. The molecule has 0 aliphatic rings. The Morgan fingerprint density at radius 3 is 2.87 bits per heavy atom. The van der Waals surface area contributed by atoms with Gasteiger partial charge in [-0.1, -0.05) is 11.6 Å². The van der Waals surface area contributed by atoms with Crippen LogP contribution in [0.1, 0.15) is 5.69 Å². The third-order valence-corrected chi connectivity index (χ3v) is 2.43. The largest absolute Gasteiger partial charge is 0.418 e. The van der Waals surface area contributed by atoms with Gasteiger partial charge in [0.15, 0.2) is 0 Å². The maximum atomic E-state index is 5.75. The lowest BCUT2D eigenvalue weighted by atomic mass is 10.5. The third kappa shape index (κ3) is 2.49. The Bertz CT molecular complexity index is 486. The Kier molecular flexibility index (Phi) is 2.93. The van der Waals surface area contributed by atoms with Crippen LogP contribution in [0.2, 0.25) is 5.02 Å². The van der Waals surface area contributed by atoms with E-state index in [2.05, 4.69) is 31.1 Å². The molecule has 0 amide bonds. The lowest BCUT2D eigenvalue weighted by Crippen LogP contribution is -1.89. The van der Waals surface area contributed by atoms with Crippen molar-refractivity contribution in [1.29, 1.82) is 0 Å². The van der Waals surface area contributed by atoms with E-state index in [4.69, 9.17) is 16.3 Å². The van der Waals surface area contributed by atoms with Crippen LogP contribution in [0.15, 0.2) is 22.8 Å². The zero-order valence-electron chi connectivity index (χ0n) is 7.79. The fraction of sp³-hybridized carbons (Fsp3) is 0.111. The lowest BCUT2D eigenvalue weighted by Gasteiger charge is -2.02. The zero-order valence-corrected chi connectivity index (χ0v) is 10.1. The molecule has 0 bridgehead atoms. The second-order valence-corrected chi connectivity index (χ2v) is 4.22. The van der Waals surface area contributed by atoms with Crippen molar-refractivity contribution in [2.75, 3.05) is 0 Å². The average Bonchev–Trinajstić information content (AvgIpc) is 2.56. The highest BCUT2D eigenvalue weighted by atomic mass is 79.9. The fourth-order valence-corrected chi connectivity index (χ4v) is 1.74. The van der Waals surface area contributed by atoms with Gasteiger partial charge < -0.3 is 4.74 Å². The zero-order chi connectivity index (χ0) is 10.8. The third-order valence-electron chi connectivity index (χ3n) is 1.66. The van der Waals surface area contributed by atoms with Crippen molar-refractivity contribution >= 4 is 27.5 Å². The monoisotopic (exact) mass is 287 g/mol. The minimum atomic E-state index is 0.436. The number of aromatic nitrogens is 3. The molecule has 0 aliphatic carbocycles. The van der Waals surface area contributed by atoms with Gasteiger partial charge in [-0.05, 0) is 28.9 Å². The summed E-state index contributed by atoms with van der Waals surface area (Å²) in [6.07, 6.45) is 1.52. The summed E-state index contributed by atoms with van der Waals surface area (Å²) >= 11 is 9.06. The molecule has 2 heterocycles. The van der Waals surface area contributed by atoms with Crippen LogP contribution in [-0.2, 0) is 0 Å². The number of nitrogens with one attached hydrogen (secondary N) is 1. The van der Waals surface area contributed by atoms with Gasteiger partial charge in [0.1, 0.15) is 0 Å². The Morgan fingerprint density at radius 1 is 1.47 bits per heavy atom. The van der Waals surface area contributed by atoms with E-state index in [0.717, 1.165) is 5.69 Å². The summed E-state index contributed by atoms with van der Waals surface area (Å²) in [5.74, 6) is 0.911. The molecule has 0 aromatic carbocycles. The maximum absolute atomic E-state index is 5.75. The van der Waals surface area contributed by atoms with Crippen molar-refractivity contribution in [2.24, 2.45) is 0 Å². The van der Waals surface area contributed by atoms with Gasteiger partial charge in [-0.3, -0.25) is 5.10 Å². The quantitative estimate of drug-likeness (QED) is 0.922. The van der Waals surface area contributed by atoms with Crippen LogP contribution in [-0.4, -0.2) is 15.2 Å². The first-order chi connectivity index (χ1) is 7.15. The van der Waals surface area contributed by atoms with Crippen LogP contribution >= 0.6 is 27.5 Å². The summed E-state index contributed by atoms with van der Waals surface area (Å²) in [6.45, 7) is 1.89. The van der Waals surface area contributed by atoms with Crippen molar-refractivity contribution in [3.05, 3.63) is 33.5 Å². The molecule has 6 heteroatoms. The van der Waals surface area contributed by atoms with Crippen molar-refractivity contribution in [3.8, 4) is 11.8 Å². The molecule has 2 aromatic heterocycles. The van der Waals surface area contributed by atoms with Gasteiger partial charge >= 0.3 is 0 Å². The Morgan fingerprint density at radius 2 is 2.27 bits per heavy atom. The van der Waals surface area contributed by atoms with Crippen molar-refractivity contribution in [1.82, 2.24) is 15.2 Å². The fourth-order valence-electron chi connectivity index (χ4n) is 1.02. The van der Waals surface area contributed by atoms with Crippen LogP contribution in [0.5, 0.6) is 11.8 Å². The molecule has 78 valence electrons. The molecule has 0 fully saturated rings. The smallest absolute Gasteiger partial charge is 0.240 e. The van der Waals surface area contributed by atoms with Gasteiger partial charge in [0.2, 0.25) is 11.8 Å². The highest BCUT2D eigenvalue weighted by Crippen LogP contribution is 2.28. The molecule has 4 nitrogen and oxygen atoms in total. The van der Waals surface area contributed by atoms with Crippen LogP contribution in [0.25, 0.3) is 0 Å². The Hall–Kier alpha value is -1.07. The molecule has 0 atom stereocenters. The highest BCUT2D eigenvalue weighted by Gasteiger charge is 2.06. The molecular weight excluding hydrogens is 281 g/mol. The summed E-state index contributed by atoms with van der Waals surface area (Å²) in [6, 6.07) is 3.49. The van der Waals surface area contributed by atoms with E-state index in [1.807, 2.05) is 6.92 Å². The number of H-pyrrole nitrogens is 1. The molecule has 1 N–H and O–H groups in total. The van der Waals surface area contributed by atoms with Gasteiger partial charge in [0.05, 0.1) is 9.50 Å². The van der Waals surface area contributed by atoms with E-state index >= 15 is 0 Å². The standard InChI is InChI=1S/C9H7BrClN3O/c1-5-2-8(14-13-5)15-9-7(10)3-6(11)4-12-9/h2-4H,1H3,(H,13,14). The first kappa shape index (κ1) is 10.4. The van der Waals surface area contributed by atoms with Gasteiger partial charge in [0, 0.05) is 18.0 Å². The topological polar surface area (TPSA) is 50.8 Å². The summed E-state index contributed by atoms with van der Waals surface area (Å²) in [7, 11) is 0. The van der Waals surface area contributed by atoms with Crippen molar-refractivity contribution in [3.63, 3.8) is 0 Å². The van der Waals surface area contributed by atoms with E-state index in [9.17, 15) is 0 Å². The van der Waals surface area contributed by atoms with Crippen molar-refractivity contribution < 1.29 is 4.74 Å². The number of halogens is 2. The van der Waals surface area contributed by atoms with Crippen LogP contribution in [0.4, 0.5) is 0 Å². The first-order valence-corrected chi connectivity index (χ1v) is 5.33. The summed E-state index contributed by atoms with van der Waals surface area (Å²) in [5.41, 5.74) is 0.926. The lowest BCUT2D eigenvalue weighted by molar-refractivity contribution is 0.440. The minimum absolute atomic E-state index is 0.436. The van der Waals surface area contributed by atoms with E-state index in [1.54, 1.807) is 12.1 Å². The van der Waals surface area contributed by atoms with Crippen LogP contribution in [0, 0.1) is 6.92 Å². The number of hydrogen-bond donors (Lipinski definition) is 1. The van der Waals surface area contributed by atoms with Gasteiger partial charge in [-0.2, -0.15) is 0 Å². The maximum Gasteiger partial charge on any atom is 0.240 e. The number of rotatable bonds is 2. The number of aromatic amines is 1. The number of ether oxygens (including phenoxy) is 1. The average molecular weight is 289 g/mol. The van der Waals surface area contributed by atoms with Gasteiger partial charge in [-0.15, -0.1) is 5.10 Å². The molecule has 0 aliphatic heterocycles. The molecule has 0 unspecified atom stereocenters. The summed E-state index contributed by atoms with van der Waals surface area (Å²) in [4.78, 5) is 4.03. The predicted octanol–water partition coefficient (Wildman–Crippen LogP) is 3.32. The SMILES string of the molecule is Cc1cc(Oc2ncc(Cl)cc2Br)n[nH]1. The van der Waals surface area contributed by atoms with Gasteiger partial charge in [-0.25, -0.2) is 4.98 Å². The normalized spacial score (nSPS) is 10.3. The van der Waals surface area contributed by atoms with Crippen molar-refractivity contribution in [2.45, 2.75) is 6.92 Å². The molecule has 2 aromatic rings.